The van der Waals surface area contributed by atoms with Crippen LogP contribution >= 0.6 is 0 Å². The summed E-state index contributed by atoms with van der Waals surface area (Å²) in [5, 5.41) is -0.594. The number of ether oxygens (including phenoxy) is 4. The predicted molar refractivity (Wildman–Crippen MR) is 71.0 cm³/mol. The molecule has 108 valence electrons. The van der Waals surface area contributed by atoms with Crippen LogP contribution in [0.1, 0.15) is 13.3 Å². The average molecular weight is 278 g/mol. The van der Waals surface area contributed by atoms with E-state index in [0.29, 0.717) is 6.42 Å². The Morgan fingerprint density at radius 1 is 0.833 bits per heavy atom. The molecule has 0 saturated heterocycles. The van der Waals surface area contributed by atoms with E-state index in [9.17, 15) is 0 Å². The van der Waals surface area contributed by atoms with Crippen molar-refractivity contribution in [2.45, 2.75) is 43.1 Å². The molecule has 1 saturated carbocycles. The number of hydrogen-bond acceptors (Lipinski definition) is 5. The molecule has 0 aromatic rings. The first-order valence-corrected chi connectivity index (χ1v) is 8.93. The van der Waals surface area contributed by atoms with E-state index in [-0.39, 0.29) is 0 Å². The van der Waals surface area contributed by atoms with Crippen LogP contribution in [0.15, 0.2) is 0 Å². The van der Waals surface area contributed by atoms with Gasteiger partial charge in [-0.05, 0) is 20.0 Å². The van der Waals surface area contributed by atoms with Gasteiger partial charge in [0.15, 0.2) is 0 Å². The maximum atomic E-state index is 5.83. The second-order valence-corrected chi connectivity index (χ2v) is 9.62. The minimum Gasteiger partial charge on any atom is -0.417 e. The first-order chi connectivity index (χ1) is 8.26. The summed E-state index contributed by atoms with van der Waals surface area (Å²) in [6, 6.07) is 0. The van der Waals surface area contributed by atoms with E-state index in [4.69, 9.17) is 23.4 Å². The molecule has 0 radical (unpaired) electrons. The van der Waals surface area contributed by atoms with Crippen molar-refractivity contribution in [3.63, 3.8) is 0 Å². The monoisotopic (exact) mass is 278 g/mol. The van der Waals surface area contributed by atoms with Gasteiger partial charge in [-0.3, -0.25) is 0 Å². The molecule has 0 spiro atoms. The minimum absolute atomic E-state index is 0.546. The van der Waals surface area contributed by atoms with Crippen molar-refractivity contribution in [3.05, 3.63) is 0 Å². The fourth-order valence-corrected chi connectivity index (χ4v) is 6.15. The average Bonchev–Trinajstić information content (AvgIpc) is 2.36. The fourth-order valence-electron chi connectivity index (χ4n) is 3.31. The highest BCUT2D eigenvalue weighted by molar-refractivity contribution is 6.74. The molecule has 0 aliphatic heterocycles. The normalized spacial score (nSPS) is 35.3. The molecule has 18 heavy (non-hydrogen) atoms. The SMILES string of the molecule is COC1(C)CC(OC)([Si](C)(C)OC)C1(OC)OC. The van der Waals surface area contributed by atoms with E-state index < -0.39 is 24.9 Å². The van der Waals surface area contributed by atoms with Gasteiger partial charge in [0.05, 0.1) is 0 Å². The predicted octanol–water partition coefficient (Wildman–Crippen LogP) is 1.56. The molecule has 5 nitrogen and oxygen atoms in total. The highest BCUT2D eigenvalue weighted by Gasteiger charge is 2.81. The van der Waals surface area contributed by atoms with Crippen LogP contribution in [0, 0.1) is 0 Å². The summed E-state index contributed by atoms with van der Waals surface area (Å²) in [7, 11) is 6.11. The summed E-state index contributed by atoms with van der Waals surface area (Å²) in [5.74, 6) is -0.949. The first kappa shape index (κ1) is 16.1. The number of rotatable bonds is 6. The molecular weight excluding hydrogens is 252 g/mol. The van der Waals surface area contributed by atoms with Crippen LogP contribution in [0.3, 0.4) is 0 Å². The highest BCUT2D eigenvalue weighted by atomic mass is 28.4. The topological polar surface area (TPSA) is 46.2 Å². The summed E-state index contributed by atoms with van der Waals surface area (Å²) >= 11 is 0. The zero-order valence-electron chi connectivity index (χ0n) is 12.7. The van der Waals surface area contributed by atoms with Crippen molar-refractivity contribution in [2.24, 2.45) is 0 Å². The second-order valence-electron chi connectivity index (χ2n) is 5.38. The van der Waals surface area contributed by atoms with Gasteiger partial charge in [-0.25, -0.2) is 0 Å². The fraction of sp³-hybridized carbons (Fsp3) is 1.00. The van der Waals surface area contributed by atoms with Crippen LogP contribution in [-0.4, -0.2) is 60.5 Å². The minimum atomic E-state index is -2.18. The third kappa shape index (κ3) is 1.57. The third-order valence-electron chi connectivity index (χ3n) is 4.67. The Balaban J connectivity index is 3.32. The molecule has 0 heterocycles. The van der Waals surface area contributed by atoms with E-state index in [1.807, 2.05) is 6.92 Å². The maximum absolute atomic E-state index is 5.83. The standard InChI is InChI=1S/C12H26O5Si/c1-10(13-2)9-11(14-3,18(7,8)17-6)12(10,15-4)16-5/h9H2,1-8H3. The Kier molecular flexibility index (Phi) is 4.33. The Hall–Kier alpha value is 0.0169. The summed E-state index contributed by atoms with van der Waals surface area (Å²) in [4.78, 5) is 0. The van der Waals surface area contributed by atoms with E-state index in [1.165, 1.54) is 0 Å². The van der Waals surface area contributed by atoms with E-state index in [2.05, 4.69) is 13.1 Å². The molecular formula is C12H26O5Si. The van der Waals surface area contributed by atoms with Gasteiger partial charge in [-0.15, -0.1) is 0 Å². The van der Waals surface area contributed by atoms with Crippen LogP contribution in [0.2, 0.25) is 13.1 Å². The van der Waals surface area contributed by atoms with Crippen LogP contribution in [-0.2, 0) is 23.4 Å². The molecule has 1 aliphatic carbocycles. The second kappa shape index (κ2) is 4.85. The van der Waals surface area contributed by atoms with Crippen molar-refractivity contribution in [1.29, 1.82) is 0 Å². The zero-order valence-corrected chi connectivity index (χ0v) is 13.7. The van der Waals surface area contributed by atoms with E-state index in [1.54, 1.807) is 35.5 Å². The van der Waals surface area contributed by atoms with Crippen LogP contribution in [0.25, 0.3) is 0 Å². The molecule has 6 heteroatoms. The van der Waals surface area contributed by atoms with Crippen molar-refractivity contribution in [3.8, 4) is 0 Å². The molecule has 0 aromatic heterocycles. The lowest BCUT2D eigenvalue weighted by Gasteiger charge is -2.68. The van der Waals surface area contributed by atoms with Gasteiger partial charge in [-0.2, -0.15) is 0 Å². The van der Waals surface area contributed by atoms with Crippen molar-refractivity contribution < 1.29 is 23.4 Å². The summed E-state index contributed by atoms with van der Waals surface area (Å²) in [6.45, 7) is 6.16. The molecule has 1 fully saturated rings. The van der Waals surface area contributed by atoms with Crippen LogP contribution in [0.4, 0.5) is 0 Å². The third-order valence-corrected chi connectivity index (χ3v) is 8.35. The van der Waals surface area contributed by atoms with Crippen molar-refractivity contribution in [1.82, 2.24) is 0 Å². The van der Waals surface area contributed by atoms with Gasteiger partial charge in [-0.1, -0.05) is 0 Å². The molecule has 0 N–H and O–H groups in total. The molecule has 1 rings (SSSR count). The smallest absolute Gasteiger partial charge is 0.226 e. The summed E-state index contributed by atoms with van der Waals surface area (Å²) < 4.78 is 28.6. The van der Waals surface area contributed by atoms with Crippen LogP contribution < -0.4 is 0 Å². The maximum Gasteiger partial charge on any atom is 0.226 e. The quantitative estimate of drug-likeness (QED) is 0.545. The molecule has 0 aromatic carbocycles. The number of methoxy groups -OCH3 is 4. The largest absolute Gasteiger partial charge is 0.417 e. The lowest BCUT2D eigenvalue weighted by Crippen LogP contribution is -2.88. The van der Waals surface area contributed by atoms with Gasteiger partial charge < -0.3 is 23.4 Å². The van der Waals surface area contributed by atoms with E-state index in [0.717, 1.165) is 0 Å². The molecule has 1 aliphatic rings. The Morgan fingerprint density at radius 2 is 1.33 bits per heavy atom. The Morgan fingerprint density at radius 3 is 1.61 bits per heavy atom. The molecule has 2 atom stereocenters. The van der Waals surface area contributed by atoms with Gasteiger partial charge in [0.25, 0.3) is 0 Å². The molecule has 0 amide bonds. The lowest BCUT2D eigenvalue weighted by molar-refractivity contribution is -0.422. The summed E-state index contributed by atoms with van der Waals surface area (Å²) in [6.07, 6.45) is 0.682. The van der Waals surface area contributed by atoms with E-state index >= 15 is 0 Å². The molecule has 2 unspecified atom stereocenters. The number of hydrogen-bond donors (Lipinski definition) is 0. The van der Waals surface area contributed by atoms with Crippen molar-refractivity contribution >= 4 is 8.32 Å². The van der Waals surface area contributed by atoms with Gasteiger partial charge >= 0.3 is 0 Å². The highest BCUT2D eigenvalue weighted by Crippen LogP contribution is 2.60. The van der Waals surface area contributed by atoms with Gasteiger partial charge in [0.1, 0.15) is 10.8 Å². The Bertz CT molecular complexity index is 285. The van der Waals surface area contributed by atoms with Gasteiger partial charge in [0.2, 0.25) is 14.1 Å². The van der Waals surface area contributed by atoms with Gasteiger partial charge in [0, 0.05) is 42.0 Å². The molecule has 0 bridgehead atoms. The summed E-state index contributed by atoms with van der Waals surface area (Å²) in [5.41, 5.74) is -0.546. The zero-order chi connectivity index (χ0) is 14.2. The van der Waals surface area contributed by atoms with Crippen LogP contribution in [0.5, 0.6) is 0 Å². The van der Waals surface area contributed by atoms with Crippen molar-refractivity contribution in [2.75, 3.05) is 35.5 Å². The first-order valence-electron chi connectivity index (χ1n) is 6.02. The Labute approximate surface area is 111 Å². The lowest BCUT2D eigenvalue weighted by atomic mass is 9.70.